The second kappa shape index (κ2) is 4.09. The van der Waals surface area contributed by atoms with Crippen LogP contribution in [0.25, 0.3) is 0 Å². The minimum atomic E-state index is -0.534. The van der Waals surface area contributed by atoms with Crippen LogP contribution in [0.2, 0.25) is 0 Å². The van der Waals surface area contributed by atoms with Crippen molar-refractivity contribution in [3.63, 3.8) is 0 Å². The van der Waals surface area contributed by atoms with E-state index in [9.17, 15) is 4.79 Å². The van der Waals surface area contributed by atoms with Gasteiger partial charge in [-0.1, -0.05) is 0 Å². The predicted molar refractivity (Wildman–Crippen MR) is 59.2 cm³/mol. The average Bonchev–Trinajstić information content (AvgIpc) is 2.28. The van der Waals surface area contributed by atoms with Crippen LogP contribution in [-0.4, -0.2) is 25.6 Å². The maximum Gasteiger partial charge on any atom is 0.411 e. The molecule has 0 radical (unpaired) electrons. The van der Waals surface area contributed by atoms with Gasteiger partial charge in [-0.15, -0.1) is 0 Å². The van der Waals surface area contributed by atoms with Gasteiger partial charge >= 0.3 is 6.09 Å². The van der Waals surface area contributed by atoms with Crippen molar-refractivity contribution in [2.75, 3.05) is 19.0 Å². The first kappa shape index (κ1) is 10.3. The normalized spacial score (nSPS) is 13.2. The molecule has 1 heterocycles. The highest BCUT2D eigenvalue weighted by Gasteiger charge is 2.12. The third kappa shape index (κ3) is 2.05. The van der Waals surface area contributed by atoms with Crippen molar-refractivity contribution in [3.8, 4) is 5.75 Å². The summed E-state index contributed by atoms with van der Waals surface area (Å²) in [4.78, 5) is 15.1. The van der Waals surface area contributed by atoms with Gasteiger partial charge in [0.25, 0.3) is 0 Å². The Labute approximate surface area is 92.1 Å². The number of amides is 1. The Bertz CT molecular complexity index is 457. The van der Waals surface area contributed by atoms with Crippen LogP contribution < -0.4 is 15.8 Å². The topological polar surface area (TPSA) is 85.9 Å². The number of rotatable bonds is 1. The van der Waals surface area contributed by atoms with Crippen molar-refractivity contribution in [2.45, 2.75) is 0 Å². The summed E-state index contributed by atoms with van der Waals surface area (Å²) in [5.74, 6) is 1.05. The van der Waals surface area contributed by atoms with Gasteiger partial charge in [-0.05, 0) is 18.2 Å². The lowest BCUT2D eigenvalue weighted by Crippen LogP contribution is -2.23. The fraction of sp³-hybridized carbons (Fsp3) is 0.200. The van der Waals surface area contributed by atoms with Gasteiger partial charge in [0.1, 0.15) is 23.9 Å². The van der Waals surface area contributed by atoms with Crippen LogP contribution in [0.1, 0.15) is 0 Å². The Morgan fingerprint density at radius 3 is 3.19 bits per heavy atom. The number of fused-ring (bicyclic) bond motifs is 1. The molecule has 1 aromatic rings. The number of ether oxygens (including phenoxy) is 2. The number of hydrogen-bond donors (Lipinski definition) is 2. The number of carbonyl (C=O) groups is 1. The van der Waals surface area contributed by atoms with E-state index in [1.807, 2.05) is 0 Å². The van der Waals surface area contributed by atoms with E-state index in [1.54, 1.807) is 18.2 Å². The summed E-state index contributed by atoms with van der Waals surface area (Å²) in [6.07, 6.45) is -0.534. The number of nitrogens with two attached hydrogens (primary N) is 1. The summed E-state index contributed by atoms with van der Waals surface area (Å²) in [7, 11) is 1.30. The molecule has 3 N–H and O–H groups in total. The largest absolute Gasteiger partial charge is 0.483 e. The van der Waals surface area contributed by atoms with Crippen LogP contribution in [0.3, 0.4) is 0 Å². The fourth-order valence-corrected chi connectivity index (χ4v) is 1.31. The van der Waals surface area contributed by atoms with Crippen molar-refractivity contribution in [1.29, 1.82) is 0 Å². The molecule has 1 aliphatic rings. The first-order valence-corrected chi connectivity index (χ1v) is 4.64. The SMILES string of the molecule is COC(=O)Nc1ccc2c(c1)N=C(N)CO2. The van der Waals surface area contributed by atoms with Crippen LogP contribution >= 0.6 is 0 Å². The molecule has 0 saturated carbocycles. The molecule has 16 heavy (non-hydrogen) atoms. The number of aliphatic imine (C=N–C) groups is 1. The summed E-state index contributed by atoms with van der Waals surface area (Å²) < 4.78 is 9.80. The van der Waals surface area contributed by atoms with Crippen LogP contribution in [0, 0.1) is 0 Å². The van der Waals surface area contributed by atoms with Crippen molar-refractivity contribution < 1.29 is 14.3 Å². The van der Waals surface area contributed by atoms with Crippen molar-refractivity contribution in [3.05, 3.63) is 18.2 Å². The molecule has 0 spiro atoms. The minimum absolute atomic E-state index is 0.288. The van der Waals surface area contributed by atoms with E-state index < -0.39 is 6.09 Å². The van der Waals surface area contributed by atoms with Gasteiger partial charge in [-0.2, -0.15) is 0 Å². The minimum Gasteiger partial charge on any atom is -0.483 e. The molecule has 0 aromatic heterocycles. The van der Waals surface area contributed by atoms with Gasteiger partial charge in [0.05, 0.1) is 7.11 Å². The lowest BCUT2D eigenvalue weighted by Gasteiger charge is -2.15. The summed E-state index contributed by atoms with van der Waals surface area (Å²) in [5, 5.41) is 2.53. The number of hydrogen-bond acceptors (Lipinski definition) is 5. The highest BCUT2D eigenvalue weighted by molar-refractivity contribution is 5.89. The van der Waals surface area contributed by atoms with E-state index in [4.69, 9.17) is 10.5 Å². The Hall–Kier alpha value is -2.24. The summed E-state index contributed by atoms with van der Waals surface area (Å²) in [6, 6.07) is 5.08. The van der Waals surface area contributed by atoms with E-state index in [-0.39, 0.29) is 6.61 Å². The molecule has 0 atom stereocenters. The Morgan fingerprint density at radius 1 is 1.62 bits per heavy atom. The Kier molecular flexibility index (Phi) is 2.63. The highest BCUT2D eigenvalue weighted by atomic mass is 16.5. The third-order valence-corrected chi connectivity index (χ3v) is 2.03. The van der Waals surface area contributed by atoms with E-state index >= 15 is 0 Å². The number of methoxy groups -OCH3 is 1. The van der Waals surface area contributed by atoms with Crippen LogP contribution in [0.5, 0.6) is 5.75 Å². The van der Waals surface area contributed by atoms with E-state index in [0.717, 1.165) is 0 Å². The van der Waals surface area contributed by atoms with Crippen molar-refractivity contribution in [2.24, 2.45) is 10.7 Å². The van der Waals surface area contributed by atoms with Gasteiger partial charge in [0, 0.05) is 5.69 Å². The fourth-order valence-electron chi connectivity index (χ4n) is 1.31. The number of benzene rings is 1. The van der Waals surface area contributed by atoms with Gasteiger partial charge in [-0.3, -0.25) is 5.32 Å². The molecule has 6 nitrogen and oxygen atoms in total. The number of anilines is 1. The van der Waals surface area contributed by atoms with Gasteiger partial charge in [0.15, 0.2) is 0 Å². The lowest BCUT2D eigenvalue weighted by atomic mass is 10.2. The predicted octanol–water partition coefficient (Wildman–Crippen LogP) is 1.25. The lowest BCUT2D eigenvalue weighted by molar-refractivity contribution is 0.187. The summed E-state index contributed by atoms with van der Waals surface area (Å²) in [5.41, 5.74) is 6.71. The standard InChI is InChI=1S/C10H11N3O3/c1-15-10(14)12-6-2-3-8-7(4-6)13-9(11)5-16-8/h2-4H,5H2,1H3,(H2,11,13)(H,12,14). The highest BCUT2D eigenvalue weighted by Crippen LogP contribution is 2.32. The number of nitrogens with one attached hydrogen (secondary N) is 1. The van der Waals surface area contributed by atoms with E-state index in [1.165, 1.54) is 7.11 Å². The molecule has 6 heteroatoms. The third-order valence-electron chi connectivity index (χ3n) is 2.03. The smallest absolute Gasteiger partial charge is 0.411 e. The molecular weight excluding hydrogens is 210 g/mol. The zero-order valence-electron chi connectivity index (χ0n) is 8.69. The summed E-state index contributed by atoms with van der Waals surface area (Å²) in [6.45, 7) is 0.288. The van der Waals surface area contributed by atoms with E-state index in [2.05, 4.69) is 15.0 Å². The molecule has 1 aromatic carbocycles. The van der Waals surface area contributed by atoms with Crippen molar-refractivity contribution >= 4 is 23.3 Å². The van der Waals surface area contributed by atoms with Crippen LogP contribution in [0.15, 0.2) is 23.2 Å². The molecule has 0 bridgehead atoms. The van der Waals surface area contributed by atoms with Gasteiger partial charge < -0.3 is 15.2 Å². The number of carbonyl (C=O) groups excluding carboxylic acids is 1. The Morgan fingerprint density at radius 2 is 2.44 bits per heavy atom. The monoisotopic (exact) mass is 221 g/mol. The zero-order chi connectivity index (χ0) is 11.5. The van der Waals surface area contributed by atoms with Crippen LogP contribution in [-0.2, 0) is 4.74 Å². The average molecular weight is 221 g/mol. The quantitative estimate of drug-likeness (QED) is 0.747. The first-order chi connectivity index (χ1) is 7.69. The van der Waals surface area contributed by atoms with E-state index in [0.29, 0.717) is 23.0 Å². The molecule has 84 valence electrons. The number of nitrogens with zero attached hydrogens (tertiary/aromatic N) is 1. The molecule has 1 amide bonds. The van der Waals surface area contributed by atoms with Crippen LogP contribution in [0.4, 0.5) is 16.2 Å². The maximum atomic E-state index is 11.0. The second-order valence-electron chi connectivity index (χ2n) is 3.19. The maximum absolute atomic E-state index is 11.0. The van der Waals surface area contributed by atoms with Gasteiger partial charge in [0.2, 0.25) is 0 Å². The molecule has 0 unspecified atom stereocenters. The second-order valence-corrected chi connectivity index (χ2v) is 3.19. The zero-order valence-corrected chi connectivity index (χ0v) is 8.69. The summed E-state index contributed by atoms with van der Waals surface area (Å²) >= 11 is 0. The molecule has 0 saturated heterocycles. The molecule has 0 aliphatic carbocycles. The molecular formula is C10H11N3O3. The Balaban J connectivity index is 2.26. The van der Waals surface area contributed by atoms with Crippen molar-refractivity contribution in [1.82, 2.24) is 0 Å². The first-order valence-electron chi connectivity index (χ1n) is 4.64. The number of amidine groups is 1. The molecule has 1 aliphatic heterocycles. The van der Waals surface area contributed by atoms with Gasteiger partial charge in [-0.25, -0.2) is 9.79 Å². The molecule has 0 fully saturated rings. The molecule has 2 rings (SSSR count).